The quantitative estimate of drug-likeness (QED) is 0.700. The Kier molecular flexibility index (Phi) is 4.19. The SMILES string of the molecule is COC(=O)c1nccc(N2CCN(C(=O)C3COC3)CC2)n1. The summed E-state index contributed by atoms with van der Waals surface area (Å²) in [7, 11) is 1.30. The summed E-state index contributed by atoms with van der Waals surface area (Å²) in [5.74, 6) is 0.362. The van der Waals surface area contributed by atoms with Gasteiger partial charge in [-0.2, -0.15) is 0 Å². The topological polar surface area (TPSA) is 84.9 Å². The minimum Gasteiger partial charge on any atom is -0.463 e. The summed E-state index contributed by atoms with van der Waals surface area (Å²) in [4.78, 5) is 35.6. The number of rotatable bonds is 3. The average Bonchev–Trinajstić information content (AvgIpc) is 2.52. The molecule has 8 nitrogen and oxygen atoms in total. The second-order valence-electron chi connectivity index (χ2n) is 5.28. The fourth-order valence-electron chi connectivity index (χ4n) is 2.51. The number of piperazine rings is 1. The van der Waals surface area contributed by atoms with Gasteiger partial charge >= 0.3 is 5.97 Å². The smallest absolute Gasteiger partial charge is 0.376 e. The summed E-state index contributed by atoms with van der Waals surface area (Å²) in [5, 5.41) is 0. The molecule has 1 aromatic rings. The molecule has 2 aliphatic heterocycles. The van der Waals surface area contributed by atoms with Gasteiger partial charge in [-0.15, -0.1) is 0 Å². The van der Waals surface area contributed by atoms with Crippen molar-refractivity contribution in [2.45, 2.75) is 0 Å². The highest BCUT2D eigenvalue weighted by Gasteiger charge is 2.32. The van der Waals surface area contributed by atoms with E-state index in [2.05, 4.69) is 14.7 Å². The highest BCUT2D eigenvalue weighted by atomic mass is 16.5. The van der Waals surface area contributed by atoms with E-state index in [0.717, 1.165) is 0 Å². The summed E-state index contributed by atoms with van der Waals surface area (Å²) < 4.78 is 9.69. The zero-order valence-corrected chi connectivity index (χ0v) is 12.4. The maximum absolute atomic E-state index is 12.1. The maximum atomic E-state index is 12.1. The Morgan fingerprint density at radius 3 is 2.59 bits per heavy atom. The van der Waals surface area contributed by atoms with E-state index >= 15 is 0 Å². The summed E-state index contributed by atoms with van der Waals surface area (Å²) in [6.07, 6.45) is 1.54. The first-order valence-electron chi connectivity index (χ1n) is 7.22. The molecule has 0 N–H and O–H groups in total. The van der Waals surface area contributed by atoms with Gasteiger partial charge in [0.15, 0.2) is 0 Å². The second-order valence-corrected chi connectivity index (χ2v) is 5.28. The zero-order chi connectivity index (χ0) is 15.5. The van der Waals surface area contributed by atoms with Crippen LogP contribution >= 0.6 is 0 Å². The van der Waals surface area contributed by atoms with Gasteiger partial charge < -0.3 is 19.3 Å². The second kappa shape index (κ2) is 6.27. The Morgan fingerprint density at radius 1 is 1.27 bits per heavy atom. The van der Waals surface area contributed by atoms with E-state index in [-0.39, 0.29) is 17.6 Å². The van der Waals surface area contributed by atoms with Gasteiger partial charge in [-0.05, 0) is 6.07 Å². The molecule has 3 heterocycles. The molecule has 2 saturated heterocycles. The van der Waals surface area contributed by atoms with E-state index in [4.69, 9.17) is 4.74 Å². The van der Waals surface area contributed by atoms with Crippen LogP contribution in [0.15, 0.2) is 12.3 Å². The van der Waals surface area contributed by atoms with Crippen LogP contribution in [0.4, 0.5) is 5.82 Å². The van der Waals surface area contributed by atoms with Crippen LogP contribution in [0.3, 0.4) is 0 Å². The Bertz CT molecular complexity index is 568. The molecule has 2 aliphatic rings. The van der Waals surface area contributed by atoms with Crippen molar-refractivity contribution in [1.82, 2.24) is 14.9 Å². The number of amides is 1. The number of hydrogen-bond acceptors (Lipinski definition) is 7. The van der Waals surface area contributed by atoms with Crippen LogP contribution in [0.25, 0.3) is 0 Å². The number of hydrogen-bond donors (Lipinski definition) is 0. The molecule has 8 heteroatoms. The molecule has 0 aliphatic carbocycles. The standard InChI is InChI=1S/C14H18N4O4/c1-21-14(20)12-15-3-2-11(16-12)17-4-6-18(7-5-17)13(19)10-8-22-9-10/h2-3,10H,4-9H2,1H3. The van der Waals surface area contributed by atoms with Crippen molar-refractivity contribution in [2.24, 2.45) is 5.92 Å². The van der Waals surface area contributed by atoms with Crippen LogP contribution in [0, 0.1) is 5.92 Å². The van der Waals surface area contributed by atoms with E-state index in [1.807, 2.05) is 9.80 Å². The molecule has 0 spiro atoms. The minimum atomic E-state index is -0.555. The van der Waals surface area contributed by atoms with Gasteiger partial charge in [-0.3, -0.25) is 4.79 Å². The van der Waals surface area contributed by atoms with Crippen molar-refractivity contribution in [3.05, 3.63) is 18.1 Å². The maximum Gasteiger partial charge on any atom is 0.376 e. The van der Waals surface area contributed by atoms with Crippen LogP contribution in [0.1, 0.15) is 10.6 Å². The normalized spacial score (nSPS) is 18.8. The van der Waals surface area contributed by atoms with E-state index in [1.54, 1.807) is 6.07 Å². The van der Waals surface area contributed by atoms with Crippen molar-refractivity contribution in [3.63, 3.8) is 0 Å². The lowest BCUT2D eigenvalue weighted by Crippen LogP contribution is -2.53. The molecule has 2 fully saturated rings. The molecule has 0 atom stereocenters. The largest absolute Gasteiger partial charge is 0.463 e. The average molecular weight is 306 g/mol. The number of esters is 1. The lowest BCUT2D eigenvalue weighted by atomic mass is 10.1. The predicted molar refractivity (Wildman–Crippen MR) is 76.5 cm³/mol. The summed E-state index contributed by atoms with van der Waals surface area (Å²) >= 11 is 0. The van der Waals surface area contributed by atoms with Gasteiger partial charge in [0.05, 0.1) is 26.2 Å². The van der Waals surface area contributed by atoms with Gasteiger partial charge in [-0.25, -0.2) is 14.8 Å². The molecule has 0 bridgehead atoms. The van der Waals surface area contributed by atoms with Crippen LogP contribution in [-0.2, 0) is 14.3 Å². The Labute approximate surface area is 128 Å². The van der Waals surface area contributed by atoms with Crippen molar-refractivity contribution in [1.29, 1.82) is 0 Å². The molecule has 0 unspecified atom stereocenters. The molecule has 22 heavy (non-hydrogen) atoms. The predicted octanol–water partition coefficient (Wildman–Crippen LogP) is -0.442. The molecule has 0 aromatic carbocycles. The Hall–Kier alpha value is -2.22. The van der Waals surface area contributed by atoms with Gasteiger partial charge in [0, 0.05) is 32.4 Å². The van der Waals surface area contributed by atoms with Gasteiger partial charge in [0.25, 0.3) is 0 Å². The number of anilines is 1. The van der Waals surface area contributed by atoms with Crippen molar-refractivity contribution in [3.8, 4) is 0 Å². The number of nitrogens with zero attached hydrogens (tertiary/aromatic N) is 4. The first-order chi connectivity index (χ1) is 10.7. The number of carbonyl (C=O) groups is 2. The number of carbonyl (C=O) groups excluding carboxylic acids is 2. The first-order valence-corrected chi connectivity index (χ1v) is 7.22. The van der Waals surface area contributed by atoms with Crippen LogP contribution in [0.5, 0.6) is 0 Å². The van der Waals surface area contributed by atoms with Gasteiger partial charge in [0.2, 0.25) is 11.7 Å². The summed E-state index contributed by atoms with van der Waals surface area (Å²) in [6.45, 7) is 3.72. The number of methoxy groups -OCH3 is 1. The van der Waals surface area contributed by atoms with Crippen molar-refractivity contribution in [2.75, 3.05) is 51.4 Å². The number of ether oxygens (including phenoxy) is 2. The van der Waals surface area contributed by atoms with Crippen molar-refractivity contribution < 1.29 is 19.1 Å². The monoisotopic (exact) mass is 306 g/mol. The molecule has 0 radical (unpaired) electrons. The molecular formula is C14H18N4O4. The van der Waals surface area contributed by atoms with Crippen LogP contribution in [-0.4, -0.2) is 73.2 Å². The van der Waals surface area contributed by atoms with E-state index in [0.29, 0.717) is 45.2 Å². The highest BCUT2D eigenvalue weighted by molar-refractivity contribution is 5.85. The molecule has 3 rings (SSSR count). The van der Waals surface area contributed by atoms with E-state index in [9.17, 15) is 9.59 Å². The highest BCUT2D eigenvalue weighted by Crippen LogP contribution is 2.18. The Balaban J connectivity index is 1.61. The third-order valence-electron chi connectivity index (χ3n) is 3.91. The fraction of sp³-hybridized carbons (Fsp3) is 0.571. The summed E-state index contributed by atoms with van der Waals surface area (Å²) in [5.41, 5.74) is 0. The van der Waals surface area contributed by atoms with Crippen molar-refractivity contribution >= 4 is 17.7 Å². The van der Waals surface area contributed by atoms with Crippen LogP contribution < -0.4 is 4.90 Å². The Morgan fingerprint density at radius 2 is 2.00 bits per heavy atom. The lowest BCUT2D eigenvalue weighted by Gasteiger charge is -2.38. The van der Waals surface area contributed by atoms with E-state index in [1.165, 1.54) is 13.3 Å². The summed E-state index contributed by atoms with van der Waals surface area (Å²) in [6, 6.07) is 1.75. The van der Waals surface area contributed by atoms with Gasteiger partial charge in [-0.1, -0.05) is 0 Å². The number of aromatic nitrogens is 2. The van der Waals surface area contributed by atoms with Crippen LogP contribution in [0.2, 0.25) is 0 Å². The molecule has 0 saturated carbocycles. The minimum absolute atomic E-state index is 0.0246. The zero-order valence-electron chi connectivity index (χ0n) is 12.4. The molecular weight excluding hydrogens is 288 g/mol. The molecule has 118 valence electrons. The molecule has 1 amide bonds. The molecule has 1 aromatic heterocycles. The third kappa shape index (κ3) is 2.87. The third-order valence-corrected chi connectivity index (χ3v) is 3.91. The lowest BCUT2D eigenvalue weighted by molar-refractivity contribution is -0.150. The van der Waals surface area contributed by atoms with E-state index < -0.39 is 5.97 Å². The van der Waals surface area contributed by atoms with Gasteiger partial charge in [0.1, 0.15) is 5.82 Å². The fourth-order valence-corrected chi connectivity index (χ4v) is 2.51. The first kappa shape index (κ1) is 14.7.